The molecule has 1 saturated heterocycles. The maximum Gasteiger partial charge on any atom is 0.158 e. The summed E-state index contributed by atoms with van der Waals surface area (Å²) in [5.41, 5.74) is 5.95. The Labute approximate surface area is 100 Å². The van der Waals surface area contributed by atoms with Gasteiger partial charge in [0.1, 0.15) is 11.5 Å². The van der Waals surface area contributed by atoms with Gasteiger partial charge in [-0.3, -0.25) is 5.41 Å². The fourth-order valence-electron chi connectivity index (χ4n) is 2.10. The first kappa shape index (κ1) is 11.8. The summed E-state index contributed by atoms with van der Waals surface area (Å²) >= 11 is 0. The number of aromatic nitrogens is 2. The van der Waals surface area contributed by atoms with Crippen molar-refractivity contribution >= 4 is 11.7 Å². The number of amidine groups is 1. The SMILES string of the molecule is CC1CN(c2nccnc2C(=N)N)CC(C)O1. The molecule has 1 fully saturated rings. The van der Waals surface area contributed by atoms with E-state index in [0.717, 1.165) is 13.1 Å². The second kappa shape index (κ2) is 4.67. The molecule has 0 spiro atoms. The molecule has 1 aromatic heterocycles. The number of hydrogen-bond donors (Lipinski definition) is 2. The van der Waals surface area contributed by atoms with Gasteiger partial charge in [0, 0.05) is 25.5 Å². The Morgan fingerprint density at radius 3 is 2.53 bits per heavy atom. The van der Waals surface area contributed by atoms with Gasteiger partial charge < -0.3 is 15.4 Å². The van der Waals surface area contributed by atoms with E-state index in [2.05, 4.69) is 14.9 Å². The third kappa shape index (κ3) is 2.52. The van der Waals surface area contributed by atoms with E-state index in [0.29, 0.717) is 11.5 Å². The first-order valence-corrected chi connectivity index (χ1v) is 5.63. The van der Waals surface area contributed by atoms with Gasteiger partial charge in [-0.25, -0.2) is 9.97 Å². The van der Waals surface area contributed by atoms with Gasteiger partial charge in [0.25, 0.3) is 0 Å². The van der Waals surface area contributed by atoms with Crippen LogP contribution in [0.5, 0.6) is 0 Å². The van der Waals surface area contributed by atoms with Crippen molar-refractivity contribution in [2.75, 3.05) is 18.0 Å². The predicted octanol–water partition coefficient (Wildman–Crippen LogP) is 0.374. The van der Waals surface area contributed by atoms with E-state index < -0.39 is 0 Å². The molecule has 0 aliphatic carbocycles. The highest BCUT2D eigenvalue weighted by atomic mass is 16.5. The molecule has 0 amide bonds. The Morgan fingerprint density at radius 2 is 1.94 bits per heavy atom. The Morgan fingerprint density at radius 1 is 1.35 bits per heavy atom. The Balaban J connectivity index is 2.30. The van der Waals surface area contributed by atoms with Gasteiger partial charge in [0.05, 0.1) is 12.2 Å². The second-order valence-electron chi connectivity index (χ2n) is 4.30. The van der Waals surface area contributed by atoms with Gasteiger partial charge in [-0.2, -0.15) is 0 Å². The van der Waals surface area contributed by atoms with Crippen LogP contribution in [0.3, 0.4) is 0 Å². The zero-order valence-corrected chi connectivity index (χ0v) is 10.1. The minimum absolute atomic E-state index is 0.0557. The molecule has 1 aromatic rings. The zero-order chi connectivity index (χ0) is 12.4. The average Bonchev–Trinajstić information content (AvgIpc) is 2.27. The van der Waals surface area contributed by atoms with Gasteiger partial charge in [-0.15, -0.1) is 0 Å². The minimum atomic E-state index is -0.0557. The standard InChI is InChI=1S/C11H17N5O/c1-7-5-16(6-8(2)17-7)11-9(10(12)13)14-3-4-15-11/h3-4,7-8H,5-6H2,1-2H3,(H3,12,13). The number of nitrogens with zero attached hydrogens (tertiary/aromatic N) is 3. The number of nitrogen functional groups attached to an aromatic ring is 1. The zero-order valence-electron chi connectivity index (χ0n) is 10.1. The lowest BCUT2D eigenvalue weighted by atomic mass is 10.2. The van der Waals surface area contributed by atoms with Crippen molar-refractivity contribution in [3.8, 4) is 0 Å². The van der Waals surface area contributed by atoms with Crippen LogP contribution in [-0.4, -0.2) is 41.1 Å². The fourth-order valence-corrected chi connectivity index (χ4v) is 2.10. The average molecular weight is 235 g/mol. The number of ether oxygens (including phenoxy) is 1. The van der Waals surface area contributed by atoms with Crippen molar-refractivity contribution in [1.29, 1.82) is 5.41 Å². The van der Waals surface area contributed by atoms with E-state index in [-0.39, 0.29) is 18.0 Å². The monoisotopic (exact) mass is 235 g/mol. The lowest BCUT2D eigenvalue weighted by molar-refractivity contribution is -0.00548. The molecule has 1 aliphatic rings. The molecule has 2 heterocycles. The topological polar surface area (TPSA) is 88.1 Å². The lowest BCUT2D eigenvalue weighted by Gasteiger charge is -2.36. The molecule has 2 rings (SSSR count). The molecule has 0 saturated carbocycles. The van der Waals surface area contributed by atoms with Gasteiger partial charge >= 0.3 is 0 Å². The summed E-state index contributed by atoms with van der Waals surface area (Å²) < 4.78 is 5.66. The van der Waals surface area contributed by atoms with Gasteiger partial charge in [-0.05, 0) is 13.8 Å². The summed E-state index contributed by atoms with van der Waals surface area (Å²) in [6.45, 7) is 5.52. The van der Waals surface area contributed by atoms with Crippen LogP contribution >= 0.6 is 0 Å². The summed E-state index contributed by atoms with van der Waals surface area (Å²) in [7, 11) is 0. The van der Waals surface area contributed by atoms with E-state index in [4.69, 9.17) is 15.9 Å². The van der Waals surface area contributed by atoms with Crippen LogP contribution in [0, 0.1) is 5.41 Å². The highest BCUT2D eigenvalue weighted by molar-refractivity contribution is 5.97. The molecule has 0 radical (unpaired) electrons. The first-order chi connectivity index (χ1) is 8.08. The molecule has 1 aliphatic heterocycles. The summed E-state index contributed by atoms with van der Waals surface area (Å²) in [5.74, 6) is 0.613. The smallest absolute Gasteiger partial charge is 0.158 e. The van der Waals surface area contributed by atoms with Crippen molar-refractivity contribution in [2.24, 2.45) is 5.73 Å². The quantitative estimate of drug-likeness (QED) is 0.571. The first-order valence-electron chi connectivity index (χ1n) is 5.63. The maximum absolute atomic E-state index is 7.51. The van der Waals surface area contributed by atoms with Crippen LogP contribution in [0.15, 0.2) is 12.4 Å². The fraction of sp³-hybridized carbons (Fsp3) is 0.545. The molecular weight excluding hydrogens is 218 g/mol. The van der Waals surface area contributed by atoms with E-state index >= 15 is 0 Å². The third-order valence-corrected chi connectivity index (χ3v) is 2.65. The third-order valence-electron chi connectivity index (χ3n) is 2.65. The van der Waals surface area contributed by atoms with Crippen LogP contribution in [0.2, 0.25) is 0 Å². The highest BCUT2D eigenvalue weighted by Crippen LogP contribution is 2.20. The van der Waals surface area contributed by atoms with E-state index in [1.807, 2.05) is 13.8 Å². The minimum Gasteiger partial charge on any atom is -0.382 e. The number of morpholine rings is 1. The molecule has 2 atom stereocenters. The Hall–Kier alpha value is -1.69. The van der Waals surface area contributed by atoms with Crippen LogP contribution in [0.1, 0.15) is 19.5 Å². The predicted molar refractivity (Wildman–Crippen MR) is 65.3 cm³/mol. The van der Waals surface area contributed by atoms with Crippen LogP contribution < -0.4 is 10.6 Å². The number of hydrogen-bond acceptors (Lipinski definition) is 5. The number of rotatable bonds is 2. The van der Waals surface area contributed by atoms with Gasteiger partial charge in [-0.1, -0.05) is 0 Å². The summed E-state index contributed by atoms with van der Waals surface area (Å²) in [5, 5.41) is 7.51. The second-order valence-corrected chi connectivity index (χ2v) is 4.30. The van der Waals surface area contributed by atoms with Crippen molar-refractivity contribution < 1.29 is 4.74 Å². The molecule has 2 unspecified atom stereocenters. The Bertz CT molecular complexity index is 412. The molecule has 0 aromatic carbocycles. The van der Waals surface area contributed by atoms with Crippen molar-refractivity contribution in [2.45, 2.75) is 26.1 Å². The summed E-state index contributed by atoms with van der Waals surface area (Å²) in [4.78, 5) is 10.5. The van der Waals surface area contributed by atoms with Gasteiger partial charge in [0.15, 0.2) is 5.82 Å². The summed E-state index contributed by atoms with van der Waals surface area (Å²) in [6, 6.07) is 0. The van der Waals surface area contributed by atoms with E-state index in [1.165, 1.54) is 0 Å². The van der Waals surface area contributed by atoms with E-state index in [9.17, 15) is 0 Å². The van der Waals surface area contributed by atoms with Crippen LogP contribution in [0.25, 0.3) is 0 Å². The van der Waals surface area contributed by atoms with Crippen molar-refractivity contribution in [3.63, 3.8) is 0 Å². The molecular formula is C11H17N5O. The van der Waals surface area contributed by atoms with Crippen LogP contribution in [0.4, 0.5) is 5.82 Å². The number of nitrogens with two attached hydrogens (primary N) is 1. The maximum atomic E-state index is 7.51. The van der Waals surface area contributed by atoms with E-state index in [1.54, 1.807) is 12.4 Å². The van der Waals surface area contributed by atoms with Crippen LogP contribution in [-0.2, 0) is 4.74 Å². The number of anilines is 1. The molecule has 6 nitrogen and oxygen atoms in total. The lowest BCUT2D eigenvalue weighted by Crippen LogP contribution is -2.46. The molecule has 6 heteroatoms. The Kier molecular flexibility index (Phi) is 3.23. The molecule has 17 heavy (non-hydrogen) atoms. The summed E-state index contributed by atoms with van der Waals surface area (Å²) in [6.07, 6.45) is 3.45. The normalized spacial score (nSPS) is 24.7. The highest BCUT2D eigenvalue weighted by Gasteiger charge is 2.25. The molecule has 0 bridgehead atoms. The largest absolute Gasteiger partial charge is 0.382 e. The van der Waals surface area contributed by atoms with Crippen molar-refractivity contribution in [3.05, 3.63) is 18.1 Å². The van der Waals surface area contributed by atoms with Crippen molar-refractivity contribution in [1.82, 2.24) is 9.97 Å². The van der Waals surface area contributed by atoms with Gasteiger partial charge in [0.2, 0.25) is 0 Å². The molecule has 92 valence electrons. The molecule has 3 N–H and O–H groups in total. The number of nitrogens with one attached hydrogen (secondary N) is 1.